The largest absolute Gasteiger partial charge is 0.573 e. The molecule has 0 aliphatic heterocycles. The van der Waals surface area contributed by atoms with Crippen molar-refractivity contribution in [1.82, 2.24) is 0 Å². The Balaban J connectivity index is 3.72. The van der Waals surface area contributed by atoms with E-state index in [4.69, 9.17) is 0 Å². The summed E-state index contributed by atoms with van der Waals surface area (Å²) < 4.78 is 91.8. The fourth-order valence-corrected chi connectivity index (χ4v) is 4.73. The topological polar surface area (TPSA) is 107 Å². The molecule has 0 aromatic heterocycles. The molecule has 0 aliphatic rings. The smallest absolute Gasteiger partial charge is 0.465 e. The van der Waals surface area contributed by atoms with Gasteiger partial charge in [0.15, 0.2) is 0 Å². The van der Waals surface area contributed by atoms with Gasteiger partial charge in [-0.15, -0.1) is 13.2 Å². The maximum Gasteiger partial charge on any atom is 0.573 e. The van der Waals surface area contributed by atoms with Crippen LogP contribution in [0.15, 0.2) is 18.2 Å². The predicted molar refractivity (Wildman–Crippen MR) is 76.6 cm³/mol. The first-order chi connectivity index (χ1) is 10.7. The van der Waals surface area contributed by atoms with Crippen LogP contribution >= 0.6 is 0 Å². The van der Waals surface area contributed by atoms with Gasteiger partial charge in [-0.25, -0.2) is 21.6 Å². The summed E-state index contributed by atoms with van der Waals surface area (Å²) in [6, 6.07) is 1.93. The van der Waals surface area contributed by atoms with Crippen LogP contribution in [0, 0.1) is 0 Å². The van der Waals surface area contributed by atoms with Gasteiger partial charge in [0.25, 0.3) is 0 Å². The number of halogens is 3. The van der Waals surface area contributed by atoms with Crippen molar-refractivity contribution in [2.24, 2.45) is 0 Å². The van der Waals surface area contributed by atoms with Gasteiger partial charge in [0.05, 0.1) is 30.9 Å². The third-order valence-electron chi connectivity index (χ3n) is 2.41. The number of carbonyl (C=O) groups excluding carboxylic acids is 1. The van der Waals surface area contributed by atoms with Gasteiger partial charge in [0.1, 0.15) is 5.75 Å². The number of esters is 1. The highest BCUT2D eigenvalue weighted by atomic mass is 32.3. The molecule has 8 nitrogen and oxygen atoms in total. The number of alkyl halides is 3. The van der Waals surface area contributed by atoms with Crippen LogP contribution in [0.1, 0.15) is 10.4 Å². The number of sulfonamides is 2. The van der Waals surface area contributed by atoms with Crippen LogP contribution in [-0.4, -0.2) is 48.8 Å². The lowest BCUT2D eigenvalue weighted by atomic mass is 10.2. The number of hydrogen-bond donors (Lipinski definition) is 0. The Morgan fingerprint density at radius 3 is 1.96 bits per heavy atom. The number of ether oxygens (including phenoxy) is 2. The first kappa shape index (κ1) is 20.0. The summed E-state index contributed by atoms with van der Waals surface area (Å²) in [6.45, 7) is 0. The summed E-state index contributed by atoms with van der Waals surface area (Å²) in [5.74, 6) is -2.07. The zero-order chi connectivity index (χ0) is 18.9. The summed E-state index contributed by atoms with van der Waals surface area (Å²) >= 11 is 0. The number of hydrogen-bond acceptors (Lipinski definition) is 7. The van der Waals surface area contributed by atoms with Crippen LogP contribution < -0.4 is 8.45 Å². The Morgan fingerprint density at radius 2 is 1.58 bits per heavy atom. The molecule has 1 rings (SSSR count). The third-order valence-corrected chi connectivity index (χ3v) is 5.63. The number of methoxy groups -OCH3 is 1. The Morgan fingerprint density at radius 1 is 1.08 bits per heavy atom. The highest BCUT2D eigenvalue weighted by molar-refractivity contribution is 8.09. The van der Waals surface area contributed by atoms with E-state index in [1.807, 2.05) is 0 Å². The van der Waals surface area contributed by atoms with Crippen molar-refractivity contribution < 1.29 is 44.3 Å². The molecular weight excluding hydrogens is 379 g/mol. The summed E-state index contributed by atoms with van der Waals surface area (Å²) in [6.07, 6.45) is -4.09. The molecule has 0 fully saturated rings. The fraction of sp³-hybridized carbons (Fsp3) is 0.364. The van der Waals surface area contributed by atoms with E-state index in [2.05, 4.69) is 9.47 Å². The SMILES string of the molecule is COC(=O)c1ccc(OC(F)(F)F)cc1N(S(C)(=O)=O)S(C)(=O)=O. The second kappa shape index (κ2) is 6.47. The average molecular weight is 391 g/mol. The van der Waals surface area contributed by atoms with E-state index in [0.717, 1.165) is 13.2 Å². The Bertz CT molecular complexity index is 815. The molecule has 0 spiro atoms. The van der Waals surface area contributed by atoms with Gasteiger partial charge in [-0.05, 0) is 12.1 Å². The summed E-state index contributed by atoms with van der Waals surface area (Å²) in [5.41, 5.74) is -1.43. The van der Waals surface area contributed by atoms with Gasteiger partial charge in [0, 0.05) is 6.07 Å². The molecule has 1 aromatic rings. The van der Waals surface area contributed by atoms with Crippen molar-refractivity contribution in [3.8, 4) is 5.75 Å². The zero-order valence-electron chi connectivity index (χ0n) is 12.5. The number of anilines is 1. The Labute approximate surface area is 135 Å². The minimum absolute atomic E-state index is 0.185. The molecule has 0 amide bonds. The van der Waals surface area contributed by atoms with Crippen LogP contribution in [0.4, 0.5) is 18.9 Å². The normalized spacial score (nSPS) is 12.6. The van der Waals surface area contributed by atoms with E-state index in [9.17, 15) is 34.8 Å². The second-order valence-corrected chi connectivity index (χ2v) is 8.34. The number of rotatable bonds is 5. The maximum atomic E-state index is 12.3. The van der Waals surface area contributed by atoms with Gasteiger partial charge >= 0.3 is 12.3 Å². The molecule has 0 heterocycles. The van der Waals surface area contributed by atoms with E-state index in [1.165, 1.54) is 0 Å². The van der Waals surface area contributed by atoms with Gasteiger partial charge in [-0.1, -0.05) is 0 Å². The molecule has 136 valence electrons. The van der Waals surface area contributed by atoms with E-state index in [-0.39, 0.29) is 3.71 Å². The molecule has 24 heavy (non-hydrogen) atoms. The van der Waals surface area contributed by atoms with E-state index < -0.39 is 49.4 Å². The molecule has 0 atom stereocenters. The highest BCUT2D eigenvalue weighted by Gasteiger charge is 2.35. The van der Waals surface area contributed by atoms with Crippen molar-refractivity contribution in [1.29, 1.82) is 0 Å². The maximum absolute atomic E-state index is 12.3. The van der Waals surface area contributed by atoms with Crippen LogP contribution in [0.3, 0.4) is 0 Å². The highest BCUT2D eigenvalue weighted by Crippen LogP contribution is 2.32. The van der Waals surface area contributed by atoms with E-state index >= 15 is 0 Å². The summed E-state index contributed by atoms with van der Waals surface area (Å²) in [4.78, 5) is 11.7. The molecular formula is C11H12F3NO7S2. The van der Waals surface area contributed by atoms with Crippen LogP contribution in [-0.2, 0) is 24.8 Å². The average Bonchev–Trinajstić information content (AvgIpc) is 2.32. The van der Waals surface area contributed by atoms with E-state index in [0.29, 0.717) is 24.6 Å². The lowest BCUT2D eigenvalue weighted by Crippen LogP contribution is -2.36. The second-order valence-electron chi connectivity index (χ2n) is 4.44. The van der Waals surface area contributed by atoms with E-state index in [1.54, 1.807) is 0 Å². The predicted octanol–water partition coefficient (Wildman–Crippen LogP) is 1.10. The minimum atomic E-state index is -5.11. The fourth-order valence-electron chi connectivity index (χ4n) is 1.75. The monoisotopic (exact) mass is 391 g/mol. The number of benzene rings is 1. The zero-order valence-corrected chi connectivity index (χ0v) is 14.1. The molecule has 0 saturated heterocycles. The first-order valence-electron chi connectivity index (χ1n) is 5.85. The molecule has 0 bridgehead atoms. The van der Waals surface area contributed by atoms with Crippen molar-refractivity contribution in [3.05, 3.63) is 23.8 Å². The van der Waals surface area contributed by atoms with Crippen molar-refractivity contribution >= 4 is 31.7 Å². The summed E-state index contributed by atoms with van der Waals surface area (Å²) in [7, 11) is -8.07. The van der Waals surface area contributed by atoms with Crippen LogP contribution in [0.25, 0.3) is 0 Å². The minimum Gasteiger partial charge on any atom is -0.465 e. The van der Waals surface area contributed by atoms with Gasteiger partial charge in [0.2, 0.25) is 20.0 Å². The van der Waals surface area contributed by atoms with Gasteiger partial charge in [-0.3, -0.25) is 0 Å². The molecule has 13 heteroatoms. The van der Waals surface area contributed by atoms with Crippen LogP contribution in [0.5, 0.6) is 5.75 Å². The molecule has 0 saturated carbocycles. The van der Waals surface area contributed by atoms with Gasteiger partial charge < -0.3 is 9.47 Å². The van der Waals surface area contributed by atoms with Crippen molar-refractivity contribution in [2.45, 2.75) is 6.36 Å². The molecule has 0 aliphatic carbocycles. The molecule has 0 unspecified atom stereocenters. The third kappa shape index (κ3) is 4.99. The molecule has 0 radical (unpaired) electrons. The first-order valence-corrected chi connectivity index (χ1v) is 9.55. The standard InChI is InChI=1S/C11H12F3NO7S2/c1-21-10(16)8-5-4-7(22-11(12,13)14)6-9(8)15(23(2,17)18)24(3,19)20/h4-6H,1-3H3. The van der Waals surface area contributed by atoms with Crippen LogP contribution in [0.2, 0.25) is 0 Å². The summed E-state index contributed by atoms with van der Waals surface area (Å²) in [5, 5.41) is 0. The lowest BCUT2D eigenvalue weighted by Gasteiger charge is -2.22. The van der Waals surface area contributed by atoms with Gasteiger partial charge in [-0.2, -0.15) is 3.71 Å². The Hall–Kier alpha value is -2.02. The number of nitrogens with zero attached hydrogens (tertiary/aromatic N) is 1. The quantitative estimate of drug-likeness (QED) is 0.692. The van der Waals surface area contributed by atoms with Crippen molar-refractivity contribution in [2.75, 3.05) is 23.3 Å². The Kier molecular flexibility index (Phi) is 5.40. The molecule has 0 N–H and O–H groups in total. The lowest BCUT2D eigenvalue weighted by molar-refractivity contribution is -0.274. The molecule has 1 aromatic carbocycles. The number of carbonyl (C=O) groups is 1. The van der Waals surface area contributed by atoms with Crippen molar-refractivity contribution in [3.63, 3.8) is 0 Å².